The number of nitrogens with one attached hydrogen (secondary N) is 1. The van der Waals surface area contributed by atoms with Gasteiger partial charge in [-0.2, -0.15) is 0 Å². The summed E-state index contributed by atoms with van der Waals surface area (Å²) in [4.78, 5) is 3.35. The molecule has 0 spiro atoms. The third-order valence-electron chi connectivity index (χ3n) is 6.04. The SMILES string of the molecule is C=CC(=C)C=C(CC(C)CCC(CC)c1cccc(CC)c1)c1cc[nH]c1C(=C)C. The molecule has 0 aliphatic rings. The van der Waals surface area contributed by atoms with Crippen molar-refractivity contribution in [3.63, 3.8) is 0 Å². The Morgan fingerprint density at radius 2 is 1.90 bits per heavy atom. The molecule has 30 heavy (non-hydrogen) atoms. The predicted octanol–water partition coefficient (Wildman–Crippen LogP) is 8.74. The summed E-state index contributed by atoms with van der Waals surface area (Å²) in [6.45, 7) is 21.1. The van der Waals surface area contributed by atoms with E-state index in [1.165, 1.54) is 41.5 Å². The summed E-state index contributed by atoms with van der Waals surface area (Å²) in [5.74, 6) is 1.22. The Labute approximate surface area is 184 Å². The van der Waals surface area contributed by atoms with Crippen molar-refractivity contribution < 1.29 is 0 Å². The van der Waals surface area contributed by atoms with Crippen molar-refractivity contribution in [2.24, 2.45) is 5.92 Å². The van der Waals surface area contributed by atoms with Crippen molar-refractivity contribution in [2.75, 3.05) is 0 Å². The highest BCUT2D eigenvalue weighted by Gasteiger charge is 2.16. The lowest BCUT2D eigenvalue weighted by Crippen LogP contribution is -2.04. The number of hydrogen-bond acceptors (Lipinski definition) is 0. The number of aromatic amines is 1. The molecule has 1 aromatic carbocycles. The highest BCUT2D eigenvalue weighted by Crippen LogP contribution is 2.33. The van der Waals surface area contributed by atoms with E-state index in [1.807, 2.05) is 12.3 Å². The van der Waals surface area contributed by atoms with Crippen LogP contribution in [0.25, 0.3) is 11.1 Å². The molecule has 0 saturated heterocycles. The molecule has 1 heterocycles. The molecule has 0 aliphatic carbocycles. The maximum Gasteiger partial charge on any atom is 0.0480 e. The monoisotopic (exact) mass is 401 g/mol. The molecule has 1 N–H and O–H groups in total. The number of hydrogen-bond donors (Lipinski definition) is 1. The van der Waals surface area contributed by atoms with E-state index >= 15 is 0 Å². The van der Waals surface area contributed by atoms with Crippen molar-refractivity contribution in [2.45, 2.75) is 65.7 Å². The van der Waals surface area contributed by atoms with Crippen LogP contribution in [0.2, 0.25) is 0 Å². The van der Waals surface area contributed by atoms with Gasteiger partial charge in [0.15, 0.2) is 0 Å². The minimum Gasteiger partial charge on any atom is -0.361 e. The molecule has 1 nitrogen and oxygen atoms in total. The van der Waals surface area contributed by atoms with Gasteiger partial charge in [0.25, 0.3) is 0 Å². The van der Waals surface area contributed by atoms with Crippen LogP contribution >= 0.6 is 0 Å². The van der Waals surface area contributed by atoms with Gasteiger partial charge in [-0.1, -0.05) is 76.9 Å². The molecule has 0 saturated carbocycles. The van der Waals surface area contributed by atoms with Crippen molar-refractivity contribution in [3.05, 3.63) is 96.4 Å². The topological polar surface area (TPSA) is 15.8 Å². The molecule has 2 atom stereocenters. The molecule has 0 bridgehead atoms. The Balaban J connectivity index is 2.13. The van der Waals surface area contributed by atoms with Gasteiger partial charge >= 0.3 is 0 Å². The second kappa shape index (κ2) is 11.6. The van der Waals surface area contributed by atoms with Crippen LogP contribution in [0, 0.1) is 5.92 Å². The van der Waals surface area contributed by atoms with Crippen LogP contribution in [0.4, 0.5) is 0 Å². The fraction of sp³-hybridized carbons (Fsp3) is 0.379. The second-order valence-electron chi connectivity index (χ2n) is 8.59. The molecule has 1 aromatic heterocycles. The van der Waals surface area contributed by atoms with Crippen LogP contribution in [-0.2, 0) is 6.42 Å². The van der Waals surface area contributed by atoms with E-state index in [2.05, 4.69) is 88.8 Å². The van der Waals surface area contributed by atoms with Crippen molar-refractivity contribution in [1.82, 2.24) is 4.98 Å². The molecule has 1 heteroatoms. The molecule has 2 rings (SSSR count). The number of aromatic nitrogens is 1. The summed E-state index contributed by atoms with van der Waals surface area (Å²) in [5.41, 5.74) is 8.61. The Morgan fingerprint density at radius 1 is 1.13 bits per heavy atom. The van der Waals surface area contributed by atoms with E-state index in [-0.39, 0.29) is 0 Å². The molecule has 2 aromatic rings. The largest absolute Gasteiger partial charge is 0.361 e. The minimum atomic E-state index is 0.588. The summed E-state index contributed by atoms with van der Waals surface area (Å²) in [6.07, 6.45) is 11.8. The number of rotatable bonds is 12. The summed E-state index contributed by atoms with van der Waals surface area (Å²) in [5, 5.41) is 0. The van der Waals surface area contributed by atoms with Crippen LogP contribution in [0.15, 0.2) is 74.0 Å². The molecular formula is C29H39N. The fourth-order valence-corrected chi connectivity index (χ4v) is 4.16. The van der Waals surface area contributed by atoms with Gasteiger partial charge in [0.1, 0.15) is 0 Å². The number of allylic oxidation sites excluding steroid dienone is 5. The Hall–Kier alpha value is -2.54. The molecular weight excluding hydrogens is 362 g/mol. The van der Waals surface area contributed by atoms with E-state index in [4.69, 9.17) is 0 Å². The zero-order valence-corrected chi connectivity index (χ0v) is 19.4. The number of H-pyrrole nitrogens is 1. The Kier molecular flexibility index (Phi) is 9.17. The van der Waals surface area contributed by atoms with E-state index in [1.54, 1.807) is 0 Å². The van der Waals surface area contributed by atoms with Gasteiger partial charge in [-0.05, 0) is 84.8 Å². The van der Waals surface area contributed by atoms with E-state index in [0.717, 1.165) is 29.7 Å². The maximum absolute atomic E-state index is 4.14. The summed E-state index contributed by atoms with van der Waals surface area (Å²) in [6, 6.07) is 11.3. The standard InChI is InChI=1S/C29H39N/c1-8-22(6)18-27(28-16-17-30-29(28)21(4)5)19-23(7)14-15-25(10-3)26-13-11-12-24(9-2)20-26/h8,11-13,16-18,20,23,25,30H,1,4,6,9-10,14-15,19H2,2-3,5,7H3. The van der Waals surface area contributed by atoms with Crippen molar-refractivity contribution in [1.29, 1.82) is 0 Å². The van der Waals surface area contributed by atoms with Gasteiger partial charge < -0.3 is 4.98 Å². The lowest BCUT2D eigenvalue weighted by molar-refractivity contribution is 0.471. The summed E-state index contributed by atoms with van der Waals surface area (Å²) < 4.78 is 0. The molecule has 2 unspecified atom stereocenters. The van der Waals surface area contributed by atoms with Crippen LogP contribution < -0.4 is 0 Å². The second-order valence-corrected chi connectivity index (χ2v) is 8.59. The van der Waals surface area contributed by atoms with Crippen LogP contribution in [-0.4, -0.2) is 4.98 Å². The van der Waals surface area contributed by atoms with Crippen LogP contribution in [0.3, 0.4) is 0 Å². The first-order valence-electron chi connectivity index (χ1n) is 11.3. The number of benzene rings is 1. The van der Waals surface area contributed by atoms with Gasteiger partial charge in [0.05, 0.1) is 0 Å². The quantitative estimate of drug-likeness (QED) is 0.342. The normalized spacial score (nSPS) is 13.7. The Morgan fingerprint density at radius 3 is 2.53 bits per heavy atom. The third kappa shape index (κ3) is 6.49. The average molecular weight is 402 g/mol. The molecule has 0 aliphatic heterocycles. The zero-order chi connectivity index (χ0) is 22.1. The average Bonchev–Trinajstić information content (AvgIpc) is 3.24. The van der Waals surface area contributed by atoms with Gasteiger partial charge in [-0.15, -0.1) is 0 Å². The highest BCUT2D eigenvalue weighted by molar-refractivity contribution is 5.78. The minimum absolute atomic E-state index is 0.588. The lowest BCUT2D eigenvalue weighted by atomic mass is 9.85. The van der Waals surface area contributed by atoms with Gasteiger partial charge in [0, 0.05) is 17.5 Å². The van der Waals surface area contributed by atoms with Crippen LogP contribution in [0.1, 0.15) is 81.7 Å². The van der Waals surface area contributed by atoms with Gasteiger partial charge in [-0.25, -0.2) is 0 Å². The molecule has 0 amide bonds. The van der Waals surface area contributed by atoms with Gasteiger partial charge in [0.2, 0.25) is 0 Å². The highest BCUT2D eigenvalue weighted by atomic mass is 14.7. The lowest BCUT2D eigenvalue weighted by Gasteiger charge is -2.20. The molecule has 0 fully saturated rings. The van der Waals surface area contributed by atoms with Crippen molar-refractivity contribution in [3.8, 4) is 0 Å². The Bertz CT molecular complexity index is 893. The third-order valence-corrected chi connectivity index (χ3v) is 6.04. The first kappa shape index (κ1) is 23.7. The number of aryl methyl sites for hydroxylation is 1. The van der Waals surface area contributed by atoms with E-state index in [9.17, 15) is 0 Å². The van der Waals surface area contributed by atoms with Crippen LogP contribution in [0.5, 0.6) is 0 Å². The van der Waals surface area contributed by atoms with Gasteiger partial charge in [-0.3, -0.25) is 0 Å². The molecule has 160 valence electrons. The molecule has 0 radical (unpaired) electrons. The predicted molar refractivity (Wildman–Crippen MR) is 135 cm³/mol. The smallest absolute Gasteiger partial charge is 0.0480 e. The first-order chi connectivity index (χ1) is 14.4. The van der Waals surface area contributed by atoms with E-state index in [0.29, 0.717) is 11.8 Å². The maximum atomic E-state index is 4.14. The zero-order valence-electron chi connectivity index (χ0n) is 19.4. The summed E-state index contributed by atoms with van der Waals surface area (Å²) >= 11 is 0. The summed E-state index contributed by atoms with van der Waals surface area (Å²) in [7, 11) is 0. The van der Waals surface area contributed by atoms with E-state index < -0.39 is 0 Å². The van der Waals surface area contributed by atoms with Crippen molar-refractivity contribution >= 4 is 11.1 Å². The fourth-order valence-electron chi connectivity index (χ4n) is 4.16. The first-order valence-corrected chi connectivity index (χ1v) is 11.3.